The summed E-state index contributed by atoms with van der Waals surface area (Å²) in [5, 5.41) is 6.71. The van der Waals surface area contributed by atoms with E-state index >= 15 is 0 Å². The van der Waals surface area contributed by atoms with Gasteiger partial charge >= 0.3 is 0 Å². The van der Waals surface area contributed by atoms with Crippen LogP contribution in [0.4, 0.5) is 0 Å². The summed E-state index contributed by atoms with van der Waals surface area (Å²) in [4.78, 5) is 4.30. The Bertz CT molecular complexity index is 632. The fourth-order valence-electron chi connectivity index (χ4n) is 3.43. The van der Waals surface area contributed by atoms with Gasteiger partial charge in [0.25, 0.3) is 0 Å². The second-order valence-corrected chi connectivity index (χ2v) is 7.73. The minimum Gasteiger partial charge on any atom is -0.493 e. The number of halogens is 1. The molecule has 2 aliphatic carbocycles. The predicted octanol–water partition coefficient (Wildman–Crippen LogP) is 4.12. The molecule has 1 aromatic carbocycles. The smallest absolute Gasteiger partial charge is 0.191 e. The second-order valence-electron chi connectivity index (χ2n) is 7.73. The molecule has 0 amide bonds. The topological polar surface area (TPSA) is 64.1 Å². The van der Waals surface area contributed by atoms with Crippen molar-refractivity contribution in [3.05, 3.63) is 23.8 Å². The summed E-state index contributed by atoms with van der Waals surface area (Å²) in [6.45, 7) is 3.27. The highest BCUT2D eigenvalue weighted by molar-refractivity contribution is 14.0. The van der Waals surface area contributed by atoms with Gasteiger partial charge in [-0.2, -0.15) is 0 Å². The summed E-state index contributed by atoms with van der Waals surface area (Å²) < 4.78 is 17.3. The third kappa shape index (κ3) is 8.58. The molecule has 0 radical (unpaired) electrons. The number of nitrogens with zero attached hydrogens (tertiary/aromatic N) is 1. The molecule has 0 spiro atoms. The maximum atomic E-state index is 6.18. The van der Waals surface area contributed by atoms with E-state index in [0.717, 1.165) is 68.0 Å². The van der Waals surface area contributed by atoms with Crippen LogP contribution in [-0.4, -0.2) is 46.0 Å². The van der Waals surface area contributed by atoms with E-state index in [2.05, 4.69) is 27.8 Å². The molecule has 164 valence electrons. The monoisotopic (exact) mass is 517 g/mol. The molecule has 6 nitrogen and oxygen atoms in total. The lowest BCUT2D eigenvalue weighted by Crippen LogP contribution is -2.37. The van der Waals surface area contributed by atoms with E-state index in [4.69, 9.17) is 14.2 Å². The molecule has 0 bridgehead atoms. The number of rotatable bonds is 11. The first-order chi connectivity index (χ1) is 13.8. The van der Waals surface area contributed by atoms with Crippen molar-refractivity contribution in [3.63, 3.8) is 0 Å². The van der Waals surface area contributed by atoms with Crippen LogP contribution in [0.15, 0.2) is 23.2 Å². The van der Waals surface area contributed by atoms with Crippen molar-refractivity contribution in [3.8, 4) is 11.5 Å². The first-order valence-electron chi connectivity index (χ1n) is 10.6. The van der Waals surface area contributed by atoms with Gasteiger partial charge in [0.05, 0.1) is 13.2 Å². The highest BCUT2D eigenvalue weighted by atomic mass is 127. The summed E-state index contributed by atoms with van der Waals surface area (Å²) in [6, 6.07) is 6.12. The lowest BCUT2D eigenvalue weighted by Gasteiger charge is -2.17. The molecular formula is C22H36IN3O3. The second kappa shape index (κ2) is 13.2. The molecule has 0 heterocycles. The molecule has 2 N–H and O–H groups in total. The quantitative estimate of drug-likeness (QED) is 0.200. The van der Waals surface area contributed by atoms with Crippen LogP contribution in [0.25, 0.3) is 0 Å². The van der Waals surface area contributed by atoms with Gasteiger partial charge in [0.2, 0.25) is 0 Å². The number of benzene rings is 1. The molecule has 0 aromatic heterocycles. The van der Waals surface area contributed by atoms with Gasteiger partial charge in [0.15, 0.2) is 17.5 Å². The van der Waals surface area contributed by atoms with Gasteiger partial charge in [0.1, 0.15) is 0 Å². The van der Waals surface area contributed by atoms with E-state index in [0.29, 0.717) is 12.6 Å². The zero-order valence-electron chi connectivity index (χ0n) is 17.7. The Hall–Kier alpha value is -1.22. The van der Waals surface area contributed by atoms with Crippen molar-refractivity contribution >= 4 is 29.9 Å². The van der Waals surface area contributed by atoms with Crippen LogP contribution < -0.4 is 20.1 Å². The van der Waals surface area contributed by atoms with Crippen LogP contribution in [0.5, 0.6) is 11.5 Å². The number of hydrogen-bond donors (Lipinski definition) is 2. The normalized spacial score (nSPS) is 17.0. The van der Waals surface area contributed by atoms with Crippen molar-refractivity contribution in [2.24, 2.45) is 10.9 Å². The van der Waals surface area contributed by atoms with Gasteiger partial charge in [-0.15, -0.1) is 24.0 Å². The molecular weight excluding hydrogens is 481 g/mol. The fraction of sp³-hybridized carbons (Fsp3) is 0.682. The maximum Gasteiger partial charge on any atom is 0.191 e. The molecule has 0 atom stereocenters. The summed E-state index contributed by atoms with van der Waals surface area (Å²) in [5.74, 6) is 3.26. The van der Waals surface area contributed by atoms with Crippen LogP contribution in [0.1, 0.15) is 50.5 Å². The van der Waals surface area contributed by atoms with Crippen LogP contribution in [0, 0.1) is 5.92 Å². The van der Waals surface area contributed by atoms with E-state index in [1.807, 2.05) is 6.07 Å². The van der Waals surface area contributed by atoms with Crippen molar-refractivity contribution in [2.45, 2.75) is 57.6 Å². The summed E-state index contributed by atoms with van der Waals surface area (Å²) in [5.41, 5.74) is 1.14. The van der Waals surface area contributed by atoms with Gasteiger partial charge in [-0.3, -0.25) is 4.99 Å². The fourth-order valence-corrected chi connectivity index (χ4v) is 3.43. The zero-order chi connectivity index (χ0) is 19.6. The molecule has 2 aliphatic rings. The Morgan fingerprint density at radius 3 is 2.59 bits per heavy atom. The number of aliphatic imine (C=N–C) groups is 1. The molecule has 1 aromatic rings. The first kappa shape index (κ1) is 24.1. The van der Waals surface area contributed by atoms with Crippen LogP contribution >= 0.6 is 24.0 Å². The summed E-state index contributed by atoms with van der Waals surface area (Å²) >= 11 is 0. The largest absolute Gasteiger partial charge is 0.493 e. The predicted molar refractivity (Wildman–Crippen MR) is 128 cm³/mol. The minimum atomic E-state index is 0. The number of hydrogen-bond acceptors (Lipinski definition) is 4. The maximum absolute atomic E-state index is 6.18. The standard InChI is InChI=1S/C22H35N3O3.HI/c1-23-22(24-12-5-13-27-16-17-8-9-17)25-15-18-10-11-20(26-2)21(14-18)28-19-6-3-4-7-19;/h10-11,14,17,19H,3-9,12-13,15-16H2,1-2H3,(H2,23,24,25);1H. The molecule has 0 unspecified atom stereocenters. The first-order valence-corrected chi connectivity index (χ1v) is 10.6. The molecule has 2 saturated carbocycles. The van der Waals surface area contributed by atoms with Crippen molar-refractivity contribution < 1.29 is 14.2 Å². The van der Waals surface area contributed by atoms with E-state index in [1.165, 1.54) is 25.7 Å². The highest BCUT2D eigenvalue weighted by Crippen LogP contribution is 2.32. The number of methoxy groups -OCH3 is 1. The zero-order valence-corrected chi connectivity index (χ0v) is 20.1. The minimum absolute atomic E-state index is 0. The molecule has 3 rings (SSSR count). The van der Waals surface area contributed by atoms with E-state index in [-0.39, 0.29) is 24.0 Å². The van der Waals surface area contributed by atoms with Gasteiger partial charge in [-0.25, -0.2) is 0 Å². The van der Waals surface area contributed by atoms with Crippen molar-refractivity contribution in [1.82, 2.24) is 10.6 Å². The number of ether oxygens (including phenoxy) is 3. The van der Waals surface area contributed by atoms with Crippen LogP contribution in [-0.2, 0) is 11.3 Å². The Morgan fingerprint density at radius 2 is 1.90 bits per heavy atom. The lowest BCUT2D eigenvalue weighted by molar-refractivity contribution is 0.123. The number of guanidine groups is 1. The van der Waals surface area contributed by atoms with Crippen LogP contribution in [0.3, 0.4) is 0 Å². The van der Waals surface area contributed by atoms with Crippen molar-refractivity contribution in [1.29, 1.82) is 0 Å². The van der Waals surface area contributed by atoms with Crippen molar-refractivity contribution in [2.75, 3.05) is 33.9 Å². The number of nitrogens with one attached hydrogen (secondary N) is 2. The lowest BCUT2D eigenvalue weighted by atomic mass is 10.2. The van der Waals surface area contributed by atoms with E-state index in [9.17, 15) is 0 Å². The molecule has 7 heteroatoms. The molecule has 29 heavy (non-hydrogen) atoms. The Labute approximate surface area is 192 Å². The third-order valence-corrected chi connectivity index (χ3v) is 5.32. The Balaban J connectivity index is 0.00000300. The van der Waals surface area contributed by atoms with Gasteiger partial charge in [-0.05, 0) is 68.6 Å². The molecule has 2 fully saturated rings. The Morgan fingerprint density at radius 1 is 1.10 bits per heavy atom. The van der Waals surface area contributed by atoms with Crippen LogP contribution in [0.2, 0.25) is 0 Å². The summed E-state index contributed by atoms with van der Waals surface area (Å²) in [6.07, 6.45) is 8.74. The van der Waals surface area contributed by atoms with E-state index in [1.54, 1.807) is 14.2 Å². The third-order valence-electron chi connectivity index (χ3n) is 5.32. The Kier molecular flexibility index (Phi) is 10.9. The summed E-state index contributed by atoms with van der Waals surface area (Å²) in [7, 11) is 3.48. The molecule has 0 aliphatic heterocycles. The van der Waals surface area contributed by atoms with E-state index < -0.39 is 0 Å². The van der Waals surface area contributed by atoms with Gasteiger partial charge in [0, 0.05) is 33.4 Å². The SMILES string of the molecule is CN=C(NCCCOCC1CC1)NCc1ccc(OC)c(OC2CCCC2)c1.I. The average Bonchev–Trinajstić information content (AvgIpc) is 3.40. The highest BCUT2D eigenvalue weighted by Gasteiger charge is 2.21. The molecule has 0 saturated heterocycles. The van der Waals surface area contributed by atoms with Gasteiger partial charge in [-0.1, -0.05) is 6.07 Å². The average molecular weight is 517 g/mol. The van der Waals surface area contributed by atoms with Gasteiger partial charge < -0.3 is 24.8 Å².